The SMILES string of the molecule is CC(C)c1ccc(/C(=C\[C@H]2CCC(=O)C2)c2ccc(S(C)(=O)=O)cc2)[nH]c1=O. The molecule has 6 heteroatoms. The molecule has 0 unspecified atom stereocenters. The Morgan fingerprint density at radius 2 is 1.79 bits per heavy atom. The van der Waals surface area contributed by atoms with Crippen LogP contribution in [0.5, 0.6) is 0 Å². The average molecular weight is 400 g/mol. The molecule has 0 amide bonds. The number of H-pyrrole nitrogens is 1. The van der Waals surface area contributed by atoms with Crippen LogP contribution >= 0.6 is 0 Å². The smallest absolute Gasteiger partial charge is 0.251 e. The van der Waals surface area contributed by atoms with Crippen LogP contribution in [0.3, 0.4) is 0 Å². The van der Waals surface area contributed by atoms with Gasteiger partial charge >= 0.3 is 0 Å². The molecule has 0 radical (unpaired) electrons. The number of hydrogen-bond donors (Lipinski definition) is 1. The highest BCUT2D eigenvalue weighted by molar-refractivity contribution is 7.90. The number of rotatable bonds is 5. The van der Waals surface area contributed by atoms with Gasteiger partial charge in [-0.05, 0) is 42.0 Å². The molecule has 1 fully saturated rings. The third kappa shape index (κ3) is 4.50. The second kappa shape index (κ2) is 7.87. The fraction of sp³-hybridized carbons (Fsp3) is 0.364. The van der Waals surface area contributed by atoms with Crippen LogP contribution < -0.4 is 5.56 Å². The molecular weight excluding hydrogens is 374 g/mol. The Bertz CT molecular complexity index is 1080. The van der Waals surface area contributed by atoms with Gasteiger partial charge in [-0.1, -0.05) is 38.1 Å². The summed E-state index contributed by atoms with van der Waals surface area (Å²) in [4.78, 5) is 27.4. The number of aromatic amines is 1. The lowest BCUT2D eigenvalue weighted by Gasteiger charge is -2.13. The van der Waals surface area contributed by atoms with Gasteiger partial charge in [-0.15, -0.1) is 0 Å². The van der Waals surface area contributed by atoms with E-state index in [-0.39, 0.29) is 28.1 Å². The van der Waals surface area contributed by atoms with Crippen molar-refractivity contribution in [3.05, 3.63) is 69.6 Å². The van der Waals surface area contributed by atoms with Gasteiger partial charge < -0.3 is 4.98 Å². The first-order chi connectivity index (χ1) is 13.1. The fourth-order valence-electron chi connectivity index (χ4n) is 3.54. The molecule has 3 rings (SSSR count). The maximum atomic E-state index is 12.5. The van der Waals surface area contributed by atoms with E-state index in [0.29, 0.717) is 24.1 Å². The lowest BCUT2D eigenvalue weighted by Crippen LogP contribution is -2.15. The largest absolute Gasteiger partial charge is 0.322 e. The first-order valence-corrected chi connectivity index (χ1v) is 11.3. The second-order valence-electron chi connectivity index (χ2n) is 7.73. The van der Waals surface area contributed by atoms with Crippen LogP contribution in [0.25, 0.3) is 5.57 Å². The van der Waals surface area contributed by atoms with Gasteiger partial charge in [0.25, 0.3) is 5.56 Å². The van der Waals surface area contributed by atoms with Crippen LogP contribution in [0.2, 0.25) is 0 Å². The molecule has 1 aliphatic carbocycles. The van der Waals surface area contributed by atoms with Crippen LogP contribution in [-0.4, -0.2) is 25.4 Å². The molecule has 1 heterocycles. The summed E-state index contributed by atoms with van der Waals surface area (Å²) < 4.78 is 23.5. The zero-order valence-corrected chi connectivity index (χ0v) is 17.2. The van der Waals surface area contributed by atoms with E-state index in [0.717, 1.165) is 17.6 Å². The number of nitrogens with one attached hydrogen (secondary N) is 1. The van der Waals surface area contributed by atoms with Crippen molar-refractivity contribution in [2.24, 2.45) is 5.92 Å². The number of allylic oxidation sites excluding steroid dienone is 1. The zero-order chi connectivity index (χ0) is 20.5. The molecule has 1 N–H and O–H groups in total. The van der Waals surface area contributed by atoms with E-state index in [1.165, 1.54) is 6.26 Å². The Balaban J connectivity index is 2.08. The number of pyridine rings is 1. The van der Waals surface area contributed by atoms with Crippen molar-refractivity contribution in [3.8, 4) is 0 Å². The molecule has 0 saturated heterocycles. The third-order valence-corrected chi connectivity index (χ3v) is 6.26. The minimum absolute atomic E-state index is 0.116. The number of hydrogen-bond acceptors (Lipinski definition) is 4. The predicted octanol–water partition coefficient (Wildman–Crippen LogP) is 3.70. The molecule has 1 aromatic heterocycles. The molecule has 0 spiro atoms. The topological polar surface area (TPSA) is 84.1 Å². The molecule has 2 aromatic rings. The number of carbonyl (C=O) groups is 1. The van der Waals surface area contributed by atoms with Gasteiger partial charge in [0.05, 0.1) is 4.90 Å². The van der Waals surface area contributed by atoms with Crippen LogP contribution in [-0.2, 0) is 14.6 Å². The number of Topliss-reactive ketones (excluding diaryl/α,β-unsaturated/α-hetero) is 1. The Morgan fingerprint density at radius 3 is 2.29 bits per heavy atom. The Morgan fingerprint density at radius 1 is 1.11 bits per heavy atom. The van der Waals surface area contributed by atoms with Gasteiger partial charge in [-0.25, -0.2) is 8.42 Å². The molecule has 1 aromatic carbocycles. The van der Waals surface area contributed by atoms with Crippen molar-refractivity contribution < 1.29 is 13.2 Å². The molecule has 0 bridgehead atoms. The normalized spacial score (nSPS) is 18.1. The fourth-order valence-corrected chi connectivity index (χ4v) is 4.17. The van der Waals surface area contributed by atoms with Crippen molar-refractivity contribution in [1.29, 1.82) is 0 Å². The predicted molar refractivity (Wildman–Crippen MR) is 110 cm³/mol. The molecule has 0 aliphatic heterocycles. The van der Waals surface area contributed by atoms with Crippen molar-refractivity contribution >= 4 is 21.2 Å². The summed E-state index contributed by atoms with van der Waals surface area (Å²) in [5, 5.41) is 0. The molecule has 1 saturated carbocycles. The van der Waals surface area contributed by atoms with Crippen LogP contribution in [0, 0.1) is 5.92 Å². The van der Waals surface area contributed by atoms with E-state index in [1.54, 1.807) is 24.3 Å². The Labute approximate surface area is 165 Å². The Kier molecular flexibility index (Phi) is 5.70. The van der Waals surface area contributed by atoms with Crippen molar-refractivity contribution in [2.45, 2.75) is 43.9 Å². The van der Waals surface area contributed by atoms with Gasteiger partial charge in [-0.3, -0.25) is 9.59 Å². The van der Waals surface area contributed by atoms with E-state index >= 15 is 0 Å². The van der Waals surface area contributed by atoms with E-state index in [2.05, 4.69) is 4.98 Å². The minimum atomic E-state index is -3.28. The highest BCUT2D eigenvalue weighted by Gasteiger charge is 2.22. The third-order valence-electron chi connectivity index (χ3n) is 5.13. The first kappa shape index (κ1) is 20.3. The summed E-state index contributed by atoms with van der Waals surface area (Å²) in [6, 6.07) is 10.3. The lowest BCUT2D eigenvalue weighted by molar-refractivity contribution is -0.117. The number of sulfone groups is 1. The van der Waals surface area contributed by atoms with Crippen LogP contribution in [0.1, 0.15) is 55.8 Å². The molecule has 148 valence electrons. The number of carbonyl (C=O) groups excluding carboxylic acids is 1. The molecule has 5 nitrogen and oxygen atoms in total. The molecular formula is C22H25NO4S. The standard InChI is InChI=1S/C22H25NO4S/c1-14(2)19-10-11-21(23-22(19)25)20(13-15-4-7-17(24)12-15)16-5-8-18(9-6-16)28(3,26)27/h5-6,8-11,13-15H,4,7,12H2,1-3H3,(H,23,25)/b20-13-/t15-/m0/s1. The monoisotopic (exact) mass is 399 g/mol. The van der Waals surface area contributed by atoms with E-state index in [9.17, 15) is 18.0 Å². The zero-order valence-electron chi connectivity index (χ0n) is 16.4. The highest BCUT2D eigenvalue weighted by atomic mass is 32.2. The summed E-state index contributed by atoms with van der Waals surface area (Å²) in [6.07, 6.45) is 5.06. The Hall–Kier alpha value is -2.47. The number of aromatic nitrogens is 1. The molecule has 28 heavy (non-hydrogen) atoms. The lowest BCUT2D eigenvalue weighted by atomic mass is 9.95. The summed E-state index contributed by atoms with van der Waals surface area (Å²) in [5.41, 5.74) is 2.87. The summed E-state index contributed by atoms with van der Waals surface area (Å²) in [5.74, 6) is 0.480. The average Bonchev–Trinajstić information content (AvgIpc) is 3.03. The van der Waals surface area contributed by atoms with Crippen molar-refractivity contribution in [3.63, 3.8) is 0 Å². The number of ketones is 1. The van der Waals surface area contributed by atoms with Crippen molar-refractivity contribution in [1.82, 2.24) is 4.98 Å². The van der Waals surface area contributed by atoms with E-state index in [4.69, 9.17) is 0 Å². The van der Waals surface area contributed by atoms with E-state index < -0.39 is 9.84 Å². The minimum Gasteiger partial charge on any atom is -0.322 e. The van der Waals surface area contributed by atoms with Gasteiger partial charge in [0, 0.05) is 35.9 Å². The van der Waals surface area contributed by atoms with Crippen LogP contribution in [0.15, 0.2) is 52.2 Å². The van der Waals surface area contributed by atoms with Gasteiger partial charge in [-0.2, -0.15) is 0 Å². The summed E-state index contributed by atoms with van der Waals surface area (Å²) in [6.45, 7) is 3.93. The maximum absolute atomic E-state index is 12.5. The van der Waals surface area contributed by atoms with E-state index in [1.807, 2.05) is 32.1 Å². The van der Waals surface area contributed by atoms with Crippen molar-refractivity contribution in [2.75, 3.05) is 6.26 Å². The van der Waals surface area contributed by atoms with Gasteiger partial charge in [0.1, 0.15) is 5.78 Å². The number of benzene rings is 1. The summed E-state index contributed by atoms with van der Waals surface area (Å²) >= 11 is 0. The first-order valence-electron chi connectivity index (χ1n) is 9.42. The summed E-state index contributed by atoms with van der Waals surface area (Å²) in [7, 11) is -3.28. The second-order valence-corrected chi connectivity index (χ2v) is 9.75. The van der Waals surface area contributed by atoms with Gasteiger partial charge in [0.2, 0.25) is 0 Å². The quantitative estimate of drug-likeness (QED) is 0.831. The van der Waals surface area contributed by atoms with Gasteiger partial charge in [0.15, 0.2) is 9.84 Å². The van der Waals surface area contributed by atoms with Crippen LogP contribution in [0.4, 0.5) is 0 Å². The maximum Gasteiger partial charge on any atom is 0.251 e. The molecule has 1 atom stereocenters. The highest BCUT2D eigenvalue weighted by Crippen LogP contribution is 2.30. The molecule has 1 aliphatic rings.